The number of hydrogen-bond acceptors (Lipinski definition) is 5. The third-order valence-corrected chi connectivity index (χ3v) is 4.41. The van der Waals surface area contributed by atoms with Gasteiger partial charge in [-0.25, -0.2) is 0 Å². The molecule has 1 heterocycles. The van der Waals surface area contributed by atoms with Crippen LogP contribution in [0, 0.1) is 0 Å². The van der Waals surface area contributed by atoms with Crippen LogP contribution in [0.4, 0.5) is 0 Å². The Kier molecular flexibility index (Phi) is 6.22. The maximum Gasteiger partial charge on any atom is 0.257 e. The van der Waals surface area contributed by atoms with Crippen molar-refractivity contribution in [1.29, 1.82) is 0 Å². The highest BCUT2D eigenvalue weighted by Gasteiger charge is 2.22. The van der Waals surface area contributed by atoms with Gasteiger partial charge in [0.2, 0.25) is 5.75 Å². The number of nitrogens with one attached hydrogen (secondary N) is 2. The second-order valence-electron chi connectivity index (χ2n) is 5.62. The Balaban J connectivity index is 2.13. The van der Waals surface area contributed by atoms with Crippen LogP contribution >= 0.6 is 12.2 Å². The first kappa shape index (κ1) is 18.3. The number of likely N-dealkylation sites (N-methyl/N-ethyl adjacent to an activating group) is 1. The van der Waals surface area contributed by atoms with Crippen LogP contribution in [0.25, 0.3) is 0 Å². The second kappa shape index (κ2) is 8.16. The van der Waals surface area contributed by atoms with E-state index < -0.39 is 0 Å². The standard InChI is InChI=1S/C16H23N3O4S/c1-18-5-7-19(8-6-18)16(24)17-15(20)11-9-12(21-2)14(23-4)13(10-11)22-3/h9-10H,5-8H2,1-4H3,(H,17,20,24)/p+1. The minimum absolute atomic E-state index is 0.300. The molecule has 1 fully saturated rings. The number of nitrogens with zero attached hydrogens (tertiary/aromatic N) is 1. The van der Waals surface area contributed by atoms with Crippen LogP contribution in [-0.4, -0.2) is 70.5 Å². The monoisotopic (exact) mass is 354 g/mol. The number of piperazine rings is 1. The van der Waals surface area contributed by atoms with Gasteiger partial charge in [-0.3, -0.25) is 10.1 Å². The molecular formula is C16H24N3O4S+. The fourth-order valence-corrected chi connectivity index (χ4v) is 2.83. The first-order chi connectivity index (χ1) is 11.5. The first-order valence-corrected chi connectivity index (χ1v) is 8.12. The van der Waals surface area contributed by atoms with Crippen molar-refractivity contribution >= 4 is 23.2 Å². The van der Waals surface area contributed by atoms with Crippen LogP contribution in [0.2, 0.25) is 0 Å². The van der Waals surface area contributed by atoms with E-state index >= 15 is 0 Å². The van der Waals surface area contributed by atoms with E-state index in [1.165, 1.54) is 26.2 Å². The molecule has 132 valence electrons. The Hall–Kier alpha value is -2.06. The number of hydrogen-bond donors (Lipinski definition) is 2. The van der Waals surface area contributed by atoms with Gasteiger partial charge in [-0.1, -0.05) is 0 Å². The molecule has 24 heavy (non-hydrogen) atoms. The van der Waals surface area contributed by atoms with Gasteiger partial charge in [-0.15, -0.1) is 0 Å². The van der Waals surface area contributed by atoms with Crippen LogP contribution in [0.5, 0.6) is 17.2 Å². The molecule has 1 aromatic carbocycles. The maximum absolute atomic E-state index is 12.5. The first-order valence-electron chi connectivity index (χ1n) is 7.71. The molecule has 0 spiro atoms. The van der Waals surface area contributed by atoms with Crippen molar-refractivity contribution in [2.24, 2.45) is 0 Å². The SMILES string of the molecule is COc1cc(C(=O)NC(=S)N2CC[NH+](C)CC2)cc(OC)c1OC. The zero-order chi connectivity index (χ0) is 17.7. The summed E-state index contributed by atoms with van der Waals surface area (Å²) in [6.45, 7) is 3.67. The van der Waals surface area contributed by atoms with Gasteiger partial charge < -0.3 is 24.0 Å². The van der Waals surface area contributed by atoms with E-state index in [1.807, 2.05) is 4.90 Å². The summed E-state index contributed by atoms with van der Waals surface area (Å²) in [5, 5.41) is 3.22. The average Bonchev–Trinajstić information content (AvgIpc) is 2.60. The second-order valence-corrected chi connectivity index (χ2v) is 6.00. The Morgan fingerprint density at radius 1 is 1.12 bits per heavy atom. The molecule has 1 aromatic rings. The summed E-state index contributed by atoms with van der Waals surface area (Å²) in [6, 6.07) is 3.21. The van der Waals surface area contributed by atoms with Crippen LogP contribution in [-0.2, 0) is 0 Å². The molecule has 2 rings (SSSR count). The van der Waals surface area contributed by atoms with Gasteiger partial charge in [0, 0.05) is 5.56 Å². The van der Waals surface area contributed by atoms with Gasteiger partial charge in [-0.05, 0) is 24.4 Å². The maximum atomic E-state index is 12.5. The van der Waals surface area contributed by atoms with Crippen molar-refractivity contribution in [2.75, 3.05) is 54.6 Å². The quantitative estimate of drug-likeness (QED) is 0.715. The highest BCUT2D eigenvalue weighted by molar-refractivity contribution is 7.80. The van der Waals surface area contributed by atoms with Crippen molar-refractivity contribution in [3.8, 4) is 17.2 Å². The van der Waals surface area contributed by atoms with E-state index in [0.29, 0.717) is 27.9 Å². The summed E-state index contributed by atoms with van der Waals surface area (Å²) in [4.78, 5) is 16.0. The summed E-state index contributed by atoms with van der Waals surface area (Å²) < 4.78 is 15.8. The zero-order valence-electron chi connectivity index (χ0n) is 14.5. The minimum atomic E-state index is -0.300. The summed E-state index contributed by atoms with van der Waals surface area (Å²) >= 11 is 5.36. The molecule has 1 aliphatic rings. The topological polar surface area (TPSA) is 64.5 Å². The van der Waals surface area contributed by atoms with E-state index in [-0.39, 0.29) is 5.91 Å². The highest BCUT2D eigenvalue weighted by Crippen LogP contribution is 2.38. The molecule has 0 radical (unpaired) electrons. The molecule has 1 amide bonds. The number of carbonyl (C=O) groups excluding carboxylic acids is 1. The molecular weight excluding hydrogens is 330 g/mol. The molecule has 7 nitrogen and oxygen atoms in total. The third-order valence-electron chi connectivity index (χ3n) is 4.05. The van der Waals surface area contributed by atoms with E-state index in [0.717, 1.165) is 26.2 Å². The fraction of sp³-hybridized carbons (Fsp3) is 0.500. The van der Waals surface area contributed by atoms with E-state index in [1.54, 1.807) is 12.1 Å². The zero-order valence-corrected chi connectivity index (χ0v) is 15.3. The van der Waals surface area contributed by atoms with Gasteiger partial charge >= 0.3 is 0 Å². The molecule has 0 bridgehead atoms. The van der Waals surface area contributed by atoms with Gasteiger partial charge in [0.1, 0.15) is 0 Å². The molecule has 0 atom stereocenters. The fourth-order valence-electron chi connectivity index (χ4n) is 2.55. The number of thiocarbonyl (C=S) groups is 1. The van der Waals surface area contributed by atoms with E-state index in [9.17, 15) is 4.79 Å². The van der Waals surface area contributed by atoms with Crippen LogP contribution < -0.4 is 24.4 Å². The summed E-state index contributed by atoms with van der Waals surface area (Å²) in [6.07, 6.45) is 0. The number of quaternary nitrogens is 1. The molecule has 0 aliphatic carbocycles. The average molecular weight is 354 g/mol. The lowest BCUT2D eigenvalue weighted by Crippen LogP contribution is -3.12. The Morgan fingerprint density at radius 3 is 2.12 bits per heavy atom. The molecule has 8 heteroatoms. The number of rotatable bonds is 4. The third kappa shape index (κ3) is 4.07. The molecule has 1 saturated heterocycles. The Labute approximate surface area is 147 Å². The van der Waals surface area contributed by atoms with E-state index in [4.69, 9.17) is 26.4 Å². The normalized spacial score (nSPS) is 14.9. The Bertz CT molecular complexity index is 590. The van der Waals surface area contributed by atoms with Crippen molar-refractivity contribution in [3.63, 3.8) is 0 Å². The predicted octanol–water partition coefficient (Wildman–Crippen LogP) is -0.443. The number of ether oxygens (including phenoxy) is 3. The molecule has 1 aliphatic heterocycles. The van der Waals surface area contributed by atoms with Crippen molar-refractivity contribution in [3.05, 3.63) is 17.7 Å². The lowest BCUT2D eigenvalue weighted by molar-refractivity contribution is -0.883. The van der Waals surface area contributed by atoms with Gasteiger partial charge in [0.15, 0.2) is 16.6 Å². The van der Waals surface area contributed by atoms with Crippen molar-refractivity contribution < 1.29 is 23.9 Å². The predicted molar refractivity (Wildman–Crippen MR) is 94.4 cm³/mol. The lowest BCUT2D eigenvalue weighted by Gasteiger charge is -2.31. The van der Waals surface area contributed by atoms with Gasteiger partial charge in [-0.2, -0.15) is 0 Å². The van der Waals surface area contributed by atoms with Crippen LogP contribution in [0.1, 0.15) is 10.4 Å². The summed E-state index contributed by atoms with van der Waals surface area (Å²) in [5.74, 6) is 0.999. The molecule has 0 aromatic heterocycles. The van der Waals surface area contributed by atoms with Crippen LogP contribution in [0.15, 0.2) is 12.1 Å². The van der Waals surface area contributed by atoms with Gasteiger partial charge in [0.25, 0.3) is 5.91 Å². The smallest absolute Gasteiger partial charge is 0.257 e. The van der Waals surface area contributed by atoms with Gasteiger partial charge in [0.05, 0.1) is 54.6 Å². The van der Waals surface area contributed by atoms with E-state index in [2.05, 4.69) is 12.4 Å². The number of benzene rings is 1. The Morgan fingerprint density at radius 2 is 1.67 bits per heavy atom. The van der Waals surface area contributed by atoms with Crippen LogP contribution in [0.3, 0.4) is 0 Å². The number of carbonyl (C=O) groups is 1. The summed E-state index contributed by atoms with van der Waals surface area (Å²) in [7, 11) is 6.69. The highest BCUT2D eigenvalue weighted by atomic mass is 32.1. The molecule has 2 N–H and O–H groups in total. The molecule has 0 unspecified atom stereocenters. The minimum Gasteiger partial charge on any atom is -0.493 e. The van der Waals surface area contributed by atoms with Crippen molar-refractivity contribution in [1.82, 2.24) is 10.2 Å². The molecule has 0 saturated carbocycles. The largest absolute Gasteiger partial charge is 0.493 e. The number of methoxy groups -OCH3 is 3. The van der Waals surface area contributed by atoms with Crippen molar-refractivity contribution in [2.45, 2.75) is 0 Å². The number of amides is 1. The lowest BCUT2D eigenvalue weighted by atomic mass is 10.1. The summed E-state index contributed by atoms with van der Waals surface area (Å²) in [5.41, 5.74) is 0.395.